The smallest absolute Gasteiger partial charge is 0.227 e. The van der Waals surface area contributed by atoms with E-state index in [0.717, 1.165) is 38.0 Å². The van der Waals surface area contributed by atoms with Gasteiger partial charge in [-0.3, -0.25) is 4.79 Å². The number of hydrogen-bond acceptors (Lipinski definition) is 2. The SMILES string of the molecule is CCCN(C(=O)C1CCNC1)C(C)c1ccc(Cl)c(Cl)c1. The molecule has 1 saturated heterocycles. The van der Waals surface area contributed by atoms with Gasteiger partial charge in [0.15, 0.2) is 0 Å². The minimum atomic E-state index is 0.00724. The van der Waals surface area contributed by atoms with Gasteiger partial charge in [-0.05, 0) is 44.0 Å². The largest absolute Gasteiger partial charge is 0.336 e. The van der Waals surface area contributed by atoms with E-state index in [4.69, 9.17) is 23.2 Å². The van der Waals surface area contributed by atoms with E-state index >= 15 is 0 Å². The van der Waals surface area contributed by atoms with Crippen LogP contribution in [0, 0.1) is 5.92 Å². The second kappa shape index (κ2) is 7.48. The first-order chi connectivity index (χ1) is 10.0. The predicted molar refractivity (Wildman–Crippen MR) is 87.9 cm³/mol. The maximum atomic E-state index is 12.7. The van der Waals surface area contributed by atoms with Crippen LogP contribution in [0.5, 0.6) is 0 Å². The molecule has 1 amide bonds. The van der Waals surface area contributed by atoms with E-state index in [0.29, 0.717) is 10.0 Å². The fourth-order valence-electron chi connectivity index (χ4n) is 2.79. The molecule has 2 atom stereocenters. The second-order valence-corrected chi connectivity index (χ2v) is 6.39. The maximum Gasteiger partial charge on any atom is 0.227 e. The fraction of sp³-hybridized carbons (Fsp3) is 0.562. The summed E-state index contributed by atoms with van der Waals surface area (Å²) in [6.45, 7) is 6.62. The molecule has 3 nitrogen and oxygen atoms in total. The van der Waals surface area contributed by atoms with E-state index in [9.17, 15) is 4.79 Å². The number of hydrogen-bond donors (Lipinski definition) is 1. The molecule has 0 aromatic heterocycles. The third-order valence-corrected chi connectivity index (χ3v) is 4.79. The molecule has 0 aliphatic carbocycles. The molecule has 1 aromatic rings. The zero-order valence-electron chi connectivity index (χ0n) is 12.5. The fourth-order valence-corrected chi connectivity index (χ4v) is 3.09. The highest BCUT2D eigenvalue weighted by Crippen LogP contribution is 2.29. The Labute approximate surface area is 136 Å². The summed E-state index contributed by atoms with van der Waals surface area (Å²) in [5, 5.41) is 4.34. The molecular weight excluding hydrogens is 307 g/mol. The van der Waals surface area contributed by atoms with Crippen molar-refractivity contribution in [2.75, 3.05) is 19.6 Å². The normalized spacial score (nSPS) is 19.5. The van der Waals surface area contributed by atoms with Crippen LogP contribution in [0.3, 0.4) is 0 Å². The number of carbonyl (C=O) groups is 1. The number of amides is 1. The van der Waals surface area contributed by atoms with Gasteiger partial charge in [-0.25, -0.2) is 0 Å². The van der Waals surface area contributed by atoms with Gasteiger partial charge in [-0.1, -0.05) is 36.2 Å². The van der Waals surface area contributed by atoms with E-state index in [1.807, 2.05) is 17.0 Å². The summed E-state index contributed by atoms with van der Waals surface area (Å²) in [6, 6.07) is 5.61. The van der Waals surface area contributed by atoms with Crippen molar-refractivity contribution in [3.8, 4) is 0 Å². The predicted octanol–water partition coefficient (Wildman–Crippen LogP) is 3.90. The quantitative estimate of drug-likeness (QED) is 0.888. The summed E-state index contributed by atoms with van der Waals surface area (Å²) >= 11 is 12.1. The lowest BCUT2D eigenvalue weighted by Gasteiger charge is -2.31. The van der Waals surface area contributed by atoms with Crippen LogP contribution < -0.4 is 5.32 Å². The second-order valence-electron chi connectivity index (χ2n) is 5.57. The van der Waals surface area contributed by atoms with Gasteiger partial charge in [0.2, 0.25) is 5.91 Å². The van der Waals surface area contributed by atoms with Gasteiger partial charge in [0.25, 0.3) is 0 Å². The van der Waals surface area contributed by atoms with Crippen LogP contribution in [0.25, 0.3) is 0 Å². The van der Waals surface area contributed by atoms with Gasteiger partial charge in [0.1, 0.15) is 0 Å². The topological polar surface area (TPSA) is 32.3 Å². The molecule has 0 radical (unpaired) electrons. The lowest BCUT2D eigenvalue weighted by atomic mass is 10.0. The number of carbonyl (C=O) groups excluding carboxylic acids is 1. The Balaban J connectivity index is 2.19. The molecule has 0 saturated carbocycles. The first kappa shape index (κ1) is 16.6. The number of benzene rings is 1. The Bertz CT molecular complexity index is 501. The summed E-state index contributed by atoms with van der Waals surface area (Å²) in [5.41, 5.74) is 1.03. The van der Waals surface area contributed by atoms with Crippen molar-refractivity contribution in [3.63, 3.8) is 0 Å². The molecule has 2 rings (SSSR count). The lowest BCUT2D eigenvalue weighted by molar-refractivity contribution is -0.137. The van der Waals surface area contributed by atoms with Gasteiger partial charge in [0, 0.05) is 13.1 Å². The summed E-state index contributed by atoms with van der Waals surface area (Å²) in [4.78, 5) is 14.7. The van der Waals surface area contributed by atoms with Crippen molar-refractivity contribution in [2.24, 2.45) is 5.92 Å². The molecular formula is C16H22Cl2N2O. The van der Waals surface area contributed by atoms with E-state index in [2.05, 4.69) is 19.2 Å². The Morgan fingerprint density at radius 3 is 2.76 bits per heavy atom. The first-order valence-electron chi connectivity index (χ1n) is 7.50. The van der Waals surface area contributed by atoms with Crippen LogP contribution in [0.1, 0.15) is 38.3 Å². The minimum Gasteiger partial charge on any atom is -0.336 e. The van der Waals surface area contributed by atoms with Crippen LogP contribution in [0.2, 0.25) is 10.0 Å². The first-order valence-corrected chi connectivity index (χ1v) is 8.26. The van der Waals surface area contributed by atoms with Gasteiger partial charge >= 0.3 is 0 Å². The van der Waals surface area contributed by atoms with Gasteiger partial charge in [-0.15, -0.1) is 0 Å². The highest BCUT2D eigenvalue weighted by Gasteiger charge is 2.30. The average Bonchev–Trinajstić information content (AvgIpc) is 3.00. The Morgan fingerprint density at radius 2 is 2.19 bits per heavy atom. The Hall–Kier alpha value is -0.770. The highest BCUT2D eigenvalue weighted by molar-refractivity contribution is 6.42. The van der Waals surface area contributed by atoms with Crippen molar-refractivity contribution in [1.29, 1.82) is 0 Å². The molecule has 0 bridgehead atoms. The van der Waals surface area contributed by atoms with Crippen molar-refractivity contribution in [1.82, 2.24) is 10.2 Å². The van der Waals surface area contributed by atoms with E-state index in [1.165, 1.54) is 0 Å². The van der Waals surface area contributed by atoms with Crippen LogP contribution in [0.4, 0.5) is 0 Å². The summed E-state index contributed by atoms with van der Waals surface area (Å²) in [5.74, 6) is 0.335. The Kier molecular flexibility index (Phi) is 5.91. The maximum absolute atomic E-state index is 12.7. The van der Waals surface area contributed by atoms with Crippen molar-refractivity contribution >= 4 is 29.1 Å². The number of rotatable bonds is 5. The summed E-state index contributed by atoms with van der Waals surface area (Å²) < 4.78 is 0. The van der Waals surface area contributed by atoms with E-state index in [-0.39, 0.29) is 17.9 Å². The number of nitrogens with zero attached hydrogens (tertiary/aromatic N) is 1. The Morgan fingerprint density at radius 1 is 1.43 bits per heavy atom. The third kappa shape index (κ3) is 3.91. The molecule has 1 fully saturated rings. The summed E-state index contributed by atoms with van der Waals surface area (Å²) in [7, 11) is 0. The van der Waals surface area contributed by atoms with Crippen molar-refractivity contribution < 1.29 is 4.79 Å². The standard InChI is InChI=1S/C16H22Cl2N2O/c1-3-8-20(16(21)13-6-7-19-10-13)11(2)12-4-5-14(17)15(18)9-12/h4-5,9,11,13,19H,3,6-8,10H2,1-2H3. The van der Waals surface area contributed by atoms with Crippen LogP contribution in [-0.4, -0.2) is 30.4 Å². The van der Waals surface area contributed by atoms with Crippen molar-refractivity contribution in [3.05, 3.63) is 33.8 Å². The molecule has 1 N–H and O–H groups in total. The van der Waals surface area contributed by atoms with Crippen LogP contribution >= 0.6 is 23.2 Å². The molecule has 1 aromatic carbocycles. The van der Waals surface area contributed by atoms with Gasteiger partial charge in [0.05, 0.1) is 22.0 Å². The van der Waals surface area contributed by atoms with Crippen molar-refractivity contribution in [2.45, 2.75) is 32.7 Å². The molecule has 21 heavy (non-hydrogen) atoms. The molecule has 5 heteroatoms. The molecule has 2 unspecified atom stereocenters. The number of halogens is 2. The van der Waals surface area contributed by atoms with Gasteiger partial charge < -0.3 is 10.2 Å². The van der Waals surface area contributed by atoms with Crippen LogP contribution in [0.15, 0.2) is 18.2 Å². The molecule has 1 heterocycles. The molecule has 0 spiro atoms. The minimum absolute atomic E-state index is 0.00724. The molecule has 1 aliphatic rings. The zero-order valence-corrected chi connectivity index (χ0v) is 14.0. The monoisotopic (exact) mass is 328 g/mol. The molecule has 116 valence electrons. The molecule has 1 aliphatic heterocycles. The lowest BCUT2D eigenvalue weighted by Crippen LogP contribution is -2.39. The van der Waals surface area contributed by atoms with E-state index < -0.39 is 0 Å². The average molecular weight is 329 g/mol. The van der Waals surface area contributed by atoms with Gasteiger partial charge in [-0.2, -0.15) is 0 Å². The zero-order chi connectivity index (χ0) is 15.4. The number of nitrogens with one attached hydrogen (secondary N) is 1. The third-order valence-electron chi connectivity index (χ3n) is 4.05. The van der Waals surface area contributed by atoms with E-state index in [1.54, 1.807) is 6.07 Å². The summed E-state index contributed by atoms with van der Waals surface area (Å²) in [6.07, 6.45) is 1.87. The van der Waals surface area contributed by atoms with Crippen LogP contribution in [-0.2, 0) is 4.79 Å². The highest BCUT2D eigenvalue weighted by atomic mass is 35.5.